The van der Waals surface area contributed by atoms with Crippen molar-refractivity contribution in [3.63, 3.8) is 0 Å². The van der Waals surface area contributed by atoms with Crippen molar-refractivity contribution < 1.29 is 9.13 Å². The number of nitrogens with zero attached hydrogens (tertiary/aromatic N) is 1. The number of hydrogen-bond donors (Lipinski definition) is 0. The number of hydrogen-bond acceptors (Lipinski definition) is 2. The summed E-state index contributed by atoms with van der Waals surface area (Å²) in [5.74, 6) is -0.164. The van der Waals surface area contributed by atoms with Gasteiger partial charge in [0.05, 0.1) is 6.61 Å². The number of rotatable bonds is 6. The molecule has 1 unspecified atom stereocenters. The van der Waals surface area contributed by atoms with Gasteiger partial charge in [0, 0.05) is 36.3 Å². The van der Waals surface area contributed by atoms with Crippen molar-refractivity contribution in [2.45, 2.75) is 25.2 Å². The monoisotopic (exact) mass is 303 g/mol. The molecule has 0 saturated carbocycles. The zero-order valence-corrected chi connectivity index (χ0v) is 12.1. The van der Waals surface area contributed by atoms with Gasteiger partial charge in [-0.25, -0.2) is 4.39 Å². The molecule has 1 aromatic carbocycles. The number of alkyl halides is 1. The first-order valence-electron chi connectivity index (χ1n) is 5.74. The molecule has 4 heteroatoms. The fraction of sp³-hybridized carbons (Fsp3) is 0.538. The van der Waals surface area contributed by atoms with Crippen molar-refractivity contribution in [1.82, 2.24) is 0 Å². The molecule has 0 aliphatic carbocycles. The summed E-state index contributed by atoms with van der Waals surface area (Å²) in [6, 6.07) is 5.42. The van der Waals surface area contributed by atoms with E-state index in [-0.39, 0.29) is 11.9 Å². The Morgan fingerprint density at radius 3 is 2.71 bits per heavy atom. The minimum absolute atomic E-state index is 0.164. The Morgan fingerprint density at radius 2 is 2.18 bits per heavy atom. The smallest absolute Gasteiger partial charge is 0.129 e. The van der Waals surface area contributed by atoms with Crippen LogP contribution < -0.4 is 4.90 Å². The van der Waals surface area contributed by atoms with Crippen LogP contribution >= 0.6 is 15.9 Å². The maximum absolute atomic E-state index is 13.7. The third kappa shape index (κ3) is 3.42. The van der Waals surface area contributed by atoms with Crippen LogP contribution in [0.5, 0.6) is 0 Å². The number of methoxy groups -OCH3 is 1. The van der Waals surface area contributed by atoms with Crippen molar-refractivity contribution >= 4 is 21.6 Å². The van der Waals surface area contributed by atoms with Crippen LogP contribution in [0.25, 0.3) is 0 Å². The Morgan fingerprint density at radius 1 is 1.47 bits per heavy atom. The highest BCUT2D eigenvalue weighted by atomic mass is 79.9. The van der Waals surface area contributed by atoms with Gasteiger partial charge in [0.1, 0.15) is 5.82 Å². The minimum atomic E-state index is -0.164. The number of ether oxygens (including phenoxy) is 1. The minimum Gasteiger partial charge on any atom is -0.383 e. The van der Waals surface area contributed by atoms with E-state index in [1.54, 1.807) is 13.2 Å². The Bertz CT molecular complexity index is 359. The van der Waals surface area contributed by atoms with E-state index >= 15 is 0 Å². The van der Waals surface area contributed by atoms with Crippen molar-refractivity contribution in [1.29, 1.82) is 0 Å². The van der Waals surface area contributed by atoms with Crippen LogP contribution in [0, 0.1) is 5.82 Å². The fourth-order valence-corrected chi connectivity index (χ4v) is 2.55. The molecule has 0 heterocycles. The third-order valence-corrected chi connectivity index (χ3v) is 3.38. The maximum atomic E-state index is 13.7. The molecule has 1 aromatic rings. The zero-order valence-electron chi connectivity index (χ0n) is 10.5. The molecule has 0 radical (unpaired) electrons. The third-order valence-electron chi connectivity index (χ3n) is 2.82. The zero-order chi connectivity index (χ0) is 12.8. The molecule has 17 heavy (non-hydrogen) atoms. The highest BCUT2D eigenvalue weighted by Gasteiger charge is 2.17. The molecule has 0 N–H and O–H groups in total. The van der Waals surface area contributed by atoms with E-state index < -0.39 is 0 Å². The normalized spacial score (nSPS) is 12.5. The molecule has 0 saturated heterocycles. The molecule has 1 rings (SSSR count). The topological polar surface area (TPSA) is 12.5 Å². The lowest BCUT2D eigenvalue weighted by atomic mass is 10.1. The van der Waals surface area contributed by atoms with Gasteiger partial charge in [0.2, 0.25) is 0 Å². The molecule has 0 aromatic heterocycles. The van der Waals surface area contributed by atoms with Crippen LogP contribution in [0.15, 0.2) is 18.2 Å². The number of halogens is 2. The van der Waals surface area contributed by atoms with Crippen LogP contribution in [0.1, 0.15) is 19.4 Å². The van der Waals surface area contributed by atoms with Gasteiger partial charge >= 0.3 is 0 Å². The van der Waals surface area contributed by atoms with Crippen LogP contribution in [0.2, 0.25) is 0 Å². The molecule has 0 amide bonds. The van der Waals surface area contributed by atoms with Gasteiger partial charge in [-0.1, -0.05) is 22.0 Å². The molecule has 96 valence electrons. The van der Waals surface area contributed by atoms with Gasteiger partial charge in [0.15, 0.2) is 0 Å². The standard InChI is InChI=1S/C13H19BrFNO/c1-4-16(10(2)9-17-3)13-7-5-6-12(15)11(13)8-14/h5-7,10H,4,8-9H2,1-3H3. The van der Waals surface area contributed by atoms with Gasteiger partial charge in [-0.3, -0.25) is 0 Å². The molecule has 1 atom stereocenters. The van der Waals surface area contributed by atoms with Crippen molar-refractivity contribution in [2.75, 3.05) is 25.2 Å². The van der Waals surface area contributed by atoms with Crippen LogP contribution in [-0.4, -0.2) is 26.3 Å². The summed E-state index contributed by atoms with van der Waals surface area (Å²) in [5, 5.41) is 0.519. The molecule has 0 bridgehead atoms. The summed E-state index contributed by atoms with van der Waals surface area (Å²) >= 11 is 3.35. The molecule has 0 fully saturated rings. The number of likely N-dealkylation sites (N-methyl/N-ethyl adjacent to an activating group) is 1. The quantitative estimate of drug-likeness (QED) is 0.745. The fourth-order valence-electron chi connectivity index (χ4n) is 2.00. The average molecular weight is 304 g/mol. The Balaban J connectivity index is 3.06. The summed E-state index contributed by atoms with van der Waals surface area (Å²) in [7, 11) is 1.68. The molecule has 0 aliphatic heterocycles. The summed E-state index contributed by atoms with van der Waals surface area (Å²) in [5.41, 5.74) is 1.64. The van der Waals surface area contributed by atoms with Crippen molar-refractivity contribution in [3.05, 3.63) is 29.6 Å². The lowest BCUT2D eigenvalue weighted by Crippen LogP contribution is -2.36. The lowest BCUT2D eigenvalue weighted by molar-refractivity contribution is 0.182. The Hall–Kier alpha value is -0.610. The van der Waals surface area contributed by atoms with E-state index in [0.717, 1.165) is 12.2 Å². The van der Waals surface area contributed by atoms with E-state index in [9.17, 15) is 4.39 Å². The van der Waals surface area contributed by atoms with Gasteiger partial charge in [-0.15, -0.1) is 0 Å². The molecule has 0 spiro atoms. The second kappa shape index (κ2) is 6.97. The summed E-state index contributed by atoms with van der Waals surface area (Å²) < 4.78 is 18.9. The summed E-state index contributed by atoms with van der Waals surface area (Å²) in [6.45, 7) is 5.60. The largest absolute Gasteiger partial charge is 0.383 e. The maximum Gasteiger partial charge on any atom is 0.129 e. The van der Waals surface area contributed by atoms with Crippen LogP contribution in [-0.2, 0) is 10.1 Å². The molecule has 2 nitrogen and oxygen atoms in total. The first kappa shape index (κ1) is 14.5. The van der Waals surface area contributed by atoms with Gasteiger partial charge in [-0.05, 0) is 26.0 Å². The van der Waals surface area contributed by atoms with E-state index in [4.69, 9.17) is 4.74 Å². The number of benzene rings is 1. The van der Waals surface area contributed by atoms with Crippen LogP contribution in [0.3, 0.4) is 0 Å². The highest BCUT2D eigenvalue weighted by Crippen LogP contribution is 2.27. The van der Waals surface area contributed by atoms with E-state index in [1.807, 2.05) is 6.07 Å². The molecule has 0 aliphatic rings. The highest BCUT2D eigenvalue weighted by molar-refractivity contribution is 9.08. The van der Waals surface area contributed by atoms with Crippen LogP contribution in [0.4, 0.5) is 10.1 Å². The first-order valence-corrected chi connectivity index (χ1v) is 6.86. The van der Waals surface area contributed by atoms with Gasteiger partial charge in [-0.2, -0.15) is 0 Å². The van der Waals surface area contributed by atoms with Crippen molar-refractivity contribution in [3.8, 4) is 0 Å². The van der Waals surface area contributed by atoms with Gasteiger partial charge in [0.25, 0.3) is 0 Å². The summed E-state index contributed by atoms with van der Waals surface area (Å²) in [4.78, 5) is 2.16. The van der Waals surface area contributed by atoms with E-state index in [1.165, 1.54) is 6.07 Å². The SMILES string of the molecule is CCN(c1cccc(F)c1CBr)C(C)COC. The summed E-state index contributed by atoms with van der Waals surface area (Å²) in [6.07, 6.45) is 0. The Labute approximate surface area is 111 Å². The predicted molar refractivity (Wildman–Crippen MR) is 73.4 cm³/mol. The average Bonchev–Trinajstić information content (AvgIpc) is 2.30. The second-order valence-corrected chi connectivity index (χ2v) is 4.52. The van der Waals surface area contributed by atoms with Crippen molar-refractivity contribution in [2.24, 2.45) is 0 Å². The Kier molecular flexibility index (Phi) is 5.92. The molecular formula is C13H19BrFNO. The van der Waals surface area contributed by atoms with E-state index in [0.29, 0.717) is 17.5 Å². The predicted octanol–water partition coefficient (Wildman–Crippen LogP) is 3.58. The lowest BCUT2D eigenvalue weighted by Gasteiger charge is -2.31. The second-order valence-electron chi connectivity index (χ2n) is 3.96. The number of anilines is 1. The van der Waals surface area contributed by atoms with E-state index in [2.05, 4.69) is 34.7 Å². The molecular weight excluding hydrogens is 285 g/mol. The van der Waals surface area contributed by atoms with Gasteiger partial charge < -0.3 is 9.64 Å². The first-order chi connectivity index (χ1) is 8.15.